The van der Waals surface area contributed by atoms with Crippen LogP contribution in [0.25, 0.3) is 28.7 Å². The topological polar surface area (TPSA) is 8.17 Å². The van der Waals surface area contributed by atoms with E-state index in [0.29, 0.717) is 0 Å². The van der Waals surface area contributed by atoms with E-state index in [1.807, 2.05) is 24.3 Å². The molecule has 0 atom stereocenters. The van der Waals surface area contributed by atoms with Gasteiger partial charge in [0.25, 0.3) is 0 Å². The summed E-state index contributed by atoms with van der Waals surface area (Å²) in [6.07, 6.45) is 13.1. The summed E-state index contributed by atoms with van der Waals surface area (Å²) in [6.45, 7) is 12.8. The third-order valence-corrected chi connectivity index (χ3v) is 8.16. The van der Waals surface area contributed by atoms with E-state index in [-0.39, 0.29) is 5.41 Å². The third-order valence-electron chi connectivity index (χ3n) is 8.16. The van der Waals surface area contributed by atoms with Crippen LogP contribution in [0, 0.1) is 17.8 Å². The number of allylic oxidation sites excluding steroid dienone is 4. The number of aromatic nitrogens is 1. The first kappa shape index (κ1) is 26.9. The zero-order chi connectivity index (χ0) is 29.3. The first-order valence-electron chi connectivity index (χ1n) is 14.3. The lowest BCUT2D eigenvalue weighted by Crippen LogP contribution is -2.09. The Morgan fingerprint density at radius 3 is 1.90 bits per heavy atom. The Kier molecular flexibility index (Phi) is 7.03. The molecule has 2 heteroatoms. The van der Waals surface area contributed by atoms with Crippen molar-refractivity contribution in [2.75, 3.05) is 4.90 Å². The highest BCUT2D eigenvalue weighted by Crippen LogP contribution is 2.47. The Morgan fingerprint density at radius 1 is 0.762 bits per heavy atom. The smallest absolute Gasteiger partial charge is 0.0541 e. The van der Waals surface area contributed by atoms with E-state index < -0.39 is 0 Å². The molecular weight excluding hydrogens is 508 g/mol. The normalized spacial score (nSPS) is 15.1. The van der Waals surface area contributed by atoms with Gasteiger partial charge in [-0.25, -0.2) is 0 Å². The van der Waals surface area contributed by atoms with Gasteiger partial charge in [-0.2, -0.15) is 0 Å². The summed E-state index contributed by atoms with van der Waals surface area (Å²) in [5, 5.41) is 1.17. The molecule has 0 saturated heterocycles. The molecule has 1 aliphatic carbocycles. The largest absolute Gasteiger partial charge is 0.311 e. The summed E-state index contributed by atoms with van der Waals surface area (Å²) in [6, 6.07) is 38.2. The van der Waals surface area contributed by atoms with Crippen LogP contribution in [-0.4, -0.2) is 4.57 Å². The lowest BCUT2D eigenvalue weighted by Gasteiger charge is -2.25. The van der Waals surface area contributed by atoms with E-state index in [9.17, 15) is 0 Å². The average Bonchev–Trinajstić information content (AvgIpc) is 3.47. The van der Waals surface area contributed by atoms with E-state index in [2.05, 4.69) is 146 Å². The van der Waals surface area contributed by atoms with Crippen molar-refractivity contribution >= 4 is 40.1 Å². The molecule has 0 saturated carbocycles. The number of nitrogens with zero attached hydrogens (tertiary/aromatic N) is 2. The maximum Gasteiger partial charge on any atom is 0.0541 e. The Labute approximate surface area is 249 Å². The minimum absolute atomic E-state index is 0.0544. The van der Waals surface area contributed by atoms with Crippen molar-refractivity contribution in [2.45, 2.75) is 20.3 Å². The first-order valence-corrected chi connectivity index (χ1v) is 14.3. The second-order valence-corrected chi connectivity index (χ2v) is 11.2. The van der Waals surface area contributed by atoms with Crippen LogP contribution in [0.5, 0.6) is 0 Å². The summed E-state index contributed by atoms with van der Waals surface area (Å²) in [4.78, 5) is 2.27. The fourth-order valence-corrected chi connectivity index (χ4v) is 6.29. The molecule has 5 aromatic rings. The maximum absolute atomic E-state index is 6.04. The number of anilines is 3. The molecule has 0 amide bonds. The lowest BCUT2D eigenvalue weighted by molar-refractivity contribution is 0.478. The zero-order valence-electron chi connectivity index (χ0n) is 24.2. The van der Waals surface area contributed by atoms with Gasteiger partial charge in [-0.3, -0.25) is 0 Å². The number of terminal acetylenes is 1. The Balaban J connectivity index is 1.49. The highest BCUT2D eigenvalue weighted by Gasteiger charge is 2.34. The first-order chi connectivity index (χ1) is 20.5. The van der Waals surface area contributed by atoms with Gasteiger partial charge in [-0.1, -0.05) is 93.6 Å². The van der Waals surface area contributed by atoms with Crippen molar-refractivity contribution in [1.82, 2.24) is 4.57 Å². The van der Waals surface area contributed by atoms with Gasteiger partial charge >= 0.3 is 0 Å². The maximum atomic E-state index is 6.04. The van der Waals surface area contributed by atoms with Gasteiger partial charge in [0.15, 0.2) is 0 Å². The molecule has 1 heterocycles. The van der Waals surface area contributed by atoms with Crippen molar-refractivity contribution in [2.24, 2.45) is 5.41 Å². The molecule has 0 spiro atoms. The van der Waals surface area contributed by atoms with E-state index >= 15 is 0 Å². The summed E-state index contributed by atoms with van der Waals surface area (Å²) < 4.78 is 2.29. The van der Waals surface area contributed by atoms with Crippen LogP contribution >= 0.6 is 0 Å². The Hall–Kier alpha value is -5.26. The van der Waals surface area contributed by atoms with Crippen molar-refractivity contribution in [1.29, 1.82) is 0 Å². The van der Waals surface area contributed by atoms with Gasteiger partial charge in [0.2, 0.25) is 0 Å². The van der Waals surface area contributed by atoms with Crippen LogP contribution < -0.4 is 4.90 Å². The average molecular weight is 543 g/mol. The van der Waals surface area contributed by atoms with Crippen LogP contribution in [0.4, 0.5) is 17.1 Å². The Bertz CT molecular complexity index is 1850. The van der Waals surface area contributed by atoms with E-state index in [0.717, 1.165) is 57.1 Å². The van der Waals surface area contributed by atoms with E-state index in [1.165, 1.54) is 11.0 Å². The van der Waals surface area contributed by atoms with Crippen molar-refractivity contribution < 1.29 is 0 Å². The fraction of sp³-hybridized carbons (Fsp3) is 0.100. The number of rotatable bonds is 7. The van der Waals surface area contributed by atoms with Gasteiger partial charge < -0.3 is 9.47 Å². The van der Waals surface area contributed by atoms with Gasteiger partial charge in [0, 0.05) is 39.3 Å². The van der Waals surface area contributed by atoms with Crippen LogP contribution in [0.15, 0.2) is 145 Å². The van der Waals surface area contributed by atoms with Crippen molar-refractivity contribution in [3.63, 3.8) is 0 Å². The molecule has 4 aromatic carbocycles. The summed E-state index contributed by atoms with van der Waals surface area (Å²) in [5.41, 5.74) is 10.9. The number of para-hydroxylation sites is 3. The second-order valence-electron chi connectivity index (χ2n) is 11.2. The van der Waals surface area contributed by atoms with Crippen molar-refractivity contribution in [3.05, 3.63) is 156 Å². The van der Waals surface area contributed by atoms with Crippen LogP contribution in [0.2, 0.25) is 0 Å². The highest BCUT2D eigenvalue weighted by molar-refractivity contribution is 5.96. The van der Waals surface area contributed by atoms with E-state index in [4.69, 9.17) is 6.42 Å². The molecule has 0 bridgehead atoms. The number of benzene rings is 4. The molecule has 0 radical (unpaired) electrons. The zero-order valence-corrected chi connectivity index (χ0v) is 24.2. The summed E-state index contributed by atoms with van der Waals surface area (Å²) >= 11 is 0. The lowest BCUT2D eigenvalue weighted by atomic mass is 9.85. The van der Waals surface area contributed by atoms with Gasteiger partial charge in [0.1, 0.15) is 0 Å². The number of hydrogen-bond donors (Lipinski definition) is 0. The molecule has 1 aliphatic rings. The molecule has 1 aromatic heterocycles. The summed E-state index contributed by atoms with van der Waals surface area (Å²) in [5.74, 6) is 2.96. The van der Waals surface area contributed by atoms with Crippen LogP contribution in [0.3, 0.4) is 0 Å². The van der Waals surface area contributed by atoms with Crippen molar-refractivity contribution in [3.8, 4) is 18.0 Å². The minimum atomic E-state index is -0.0544. The quantitative estimate of drug-likeness (QED) is 0.186. The predicted octanol–water partition coefficient (Wildman–Crippen LogP) is 10.7. The molecule has 0 aliphatic heterocycles. The molecule has 204 valence electrons. The van der Waals surface area contributed by atoms with Crippen LogP contribution in [0.1, 0.15) is 31.5 Å². The number of fused-ring (bicyclic) bond motifs is 1. The van der Waals surface area contributed by atoms with Gasteiger partial charge in [-0.15, -0.1) is 6.42 Å². The summed E-state index contributed by atoms with van der Waals surface area (Å²) in [7, 11) is 0. The number of hydrogen-bond acceptors (Lipinski definition) is 1. The SMILES string of the molecule is C#CC1=C(C=C)C(C)(C)C/C1=C\c1c(C=C)n(-c2ccc(N(c3ccccc3)c3ccccc3)cc2)c2ccccc12. The standard InChI is InChI=1S/C40H34N2/c1-6-34-29(28-40(4,5)37(34)7-2)27-36-35-21-15-16-22-39(35)42(38(36)8-3)33-25-23-32(24-26-33)41(30-17-11-9-12-18-30)31-19-13-10-14-20-31/h1,7-27H,2-3,28H2,4-5H3/b29-27+. The van der Waals surface area contributed by atoms with E-state index in [1.54, 1.807) is 0 Å². The Morgan fingerprint density at radius 2 is 1.33 bits per heavy atom. The molecule has 2 nitrogen and oxygen atoms in total. The molecule has 0 N–H and O–H groups in total. The van der Waals surface area contributed by atoms with Crippen LogP contribution in [-0.2, 0) is 0 Å². The predicted molar refractivity (Wildman–Crippen MR) is 180 cm³/mol. The minimum Gasteiger partial charge on any atom is -0.311 e. The molecule has 0 unspecified atom stereocenters. The third kappa shape index (κ3) is 4.60. The monoisotopic (exact) mass is 542 g/mol. The molecule has 0 fully saturated rings. The highest BCUT2D eigenvalue weighted by atomic mass is 15.1. The fourth-order valence-electron chi connectivity index (χ4n) is 6.29. The molecule has 42 heavy (non-hydrogen) atoms. The molecular formula is C40H34N2. The molecule has 6 rings (SSSR count). The second kappa shape index (κ2) is 11.0. The van der Waals surface area contributed by atoms with Gasteiger partial charge in [0.05, 0.1) is 11.2 Å². The van der Waals surface area contributed by atoms with Gasteiger partial charge in [-0.05, 0) is 89.7 Å².